The molecule has 2 saturated heterocycles. The molecule has 1 aromatic carbocycles. The van der Waals surface area contributed by atoms with Crippen molar-refractivity contribution >= 4 is 10.0 Å². The highest BCUT2D eigenvalue weighted by Crippen LogP contribution is 2.25. The standard InChI is InChI=1S/C13H16F2N2O2S/c14-12-4-3-11(7-13(12)15)20(18,19)17-6-5-9-1-2-10(8-17)16-9/h3-4,7,9-10,16H,1-2,5-6,8H2. The van der Waals surface area contributed by atoms with Gasteiger partial charge in [0.1, 0.15) is 0 Å². The van der Waals surface area contributed by atoms with E-state index in [4.69, 9.17) is 0 Å². The van der Waals surface area contributed by atoms with Crippen molar-refractivity contribution < 1.29 is 17.2 Å². The number of benzene rings is 1. The van der Waals surface area contributed by atoms with Crippen LogP contribution in [0.15, 0.2) is 23.1 Å². The number of nitrogens with zero attached hydrogens (tertiary/aromatic N) is 1. The molecule has 0 spiro atoms. The Morgan fingerprint density at radius 2 is 1.85 bits per heavy atom. The minimum Gasteiger partial charge on any atom is -0.310 e. The molecule has 0 amide bonds. The molecule has 7 heteroatoms. The number of hydrogen-bond acceptors (Lipinski definition) is 3. The fourth-order valence-corrected chi connectivity index (χ4v) is 4.43. The van der Waals surface area contributed by atoms with Gasteiger partial charge in [0, 0.05) is 25.2 Å². The third kappa shape index (κ3) is 2.45. The van der Waals surface area contributed by atoms with E-state index < -0.39 is 21.7 Å². The molecule has 110 valence electrons. The van der Waals surface area contributed by atoms with Gasteiger partial charge in [0.15, 0.2) is 11.6 Å². The van der Waals surface area contributed by atoms with Crippen LogP contribution in [-0.4, -0.2) is 37.9 Å². The molecule has 2 aliphatic heterocycles. The van der Waals surface area contributed by atoms with E-state index in [1.807, 2.05) is 0 Å². The summed E-state index contributed by atoms with van der Waals surface area (Å²) in [6.45, 7) is 0.799. The number of fused-ring (bicyclic) bond motifs is 2. The Labute approximate surface area is 116 Å². The summed E-state index contributed by atoms with van der Waals surface area (Å²) >= 11 is 0. The van der Waals surface area contributed by atoms with Gasteiger partial charge >= 0.3 is 0 Å². The summed E-state index contributed by atoms with van der Waals surface area (Å²) in [5.74, 6) is -2.18. The van der Waals surface area contributed by atoms with Crippen molar-refractivity contribution in [3.8, 4) is 0 Å². The molecule has 3 rings (SSSR count). The van der Waals surface area contributed by atoms with Crippen molar-refractivity contribution in [2.45, 2.75) is 36.2 Å². The maximum Gasteiger partial charge on any atom is 0.243 e. The lowest BCUT2D eigenvalue weighted by Crippen LogP contribution is -2.39. The van der Waals surface area contributed by atoms with Gasteiger partial charge in [0.2, 0.25) is 10.0 Å². The largest absolute Gasteiger partial charge is 0.310 e. The van der Waals surface area contributed by atoms with E-state index in [1.54, 1.807) is 0 Å². The zero-order valence-corrected chi connectivity index (χ0v) is 11.7. The molecule has 1 aromatic rings. The highest BCUT2D eigenvalue weighted by molar-refractivity contribution is 7.89. The molecule has 0 aromatic heterocycles. The van der Waals surface area contributed by atoms with Crippen LogP contribution >= 0.6 is 0 Å². The second kappa shape index (κ2) is 5.05. The Bertz CT molecular complexity index is 621. The third-order valence-electron chi connectivity index (χ3n) is 4.01. The van der Waals surface area contributed by atoms with Gasteiger partial charge in [0.05, 0.1) is 4.90 Å². The van der Waals surface area contributed by atoms with Crippen LogP contribution in [-0.2, 0) is 10.0 Å². The first-order valence-electron chi connectivity index (χ1n) is 6.68. The number of halogens is 2. The topological polar surface area (TPSA) is 49.4 Å². The van der Waals surface area contributed by atoms with Crippen LogP contribution in [0.5, 0.6) is 0 Å². The summed E-state index contributed by atoms with van der Waals surface area (Å²) in [6.07, 6.45) is 2.78. The highest BCUT2D eigenvalue weighted by Gasteiger charge is 2.35. The number of rotatable bonds is 2. The van der Waals surface area contributed by atoms with Gasteiger partial charge in [-0.05, 0) is 37.5 Å². The van der Waals surface area contributed by atoms with Crippen LogP contribution in [0, 0.1) is 11.6 Å². The van der Waals surface area contributed by atoms with Gasteiger partial charge in [-0.1, -0.05) is 0 Å². The fourth-order valence-electron chi connectivity index (χ4n) is 2.92. The van der Waals surface area contributed by atoms with E-state index in [2.05, 4.69) is 5.32 Å². The Kier molecular flexibility index (Phi) is 3.51. The molecule has 2 fully saturated rings. The second-order valence-corrected chi connectivity index (χ2v) is 7.30. The smallest absolute Gasteiger partial charge is 0.243 e. The maximum absolute atomic E-state index is 13.2. The fraction of sp³-hybridized carbons (Fsp3) is 0.538. The molecule has 0 aliphatic carbocycles. The SMILES string of the molecule is O=S(=O)(c1ccc(F)c(F)c1)N1CCC2CCC(C1)N2. The van der Waals surface area contributed by atoms with Crippen molar-refractivity contribution in [1.29, 1.82) is 0 Å². The van der Waals surface area contributed by atoms with Gasteiger partial charge in [-0.15, -0.1) is 0 Å². The van der Waals surface area contributed by atoms with Gasteiger partial charge in [-0.2, -0.15) is 4.31 Å². The zero-order chi connectivity index (χ0) is 14.3. The Hall–Kier alpha value is -1.05. The summed E-state index contributed by atoms with van der Waals surface area (Å²) in [5, 5.41) is 3.39. The molecule has 2 aliphatic rings. The lowest BCUT2D eigenvalue weighted by Gasteiger charge is -2.23. The predicted octanol–water partition coefficient (Wildman–Crippen LogP) is 1.48. The normalized spacial score (nSPS) is 27.5. The first-order chi connectivity index (χ1) is 9.46. The van der Waals surface area contributed by atoms with Crippen molar-refractivity contribution in [2.24, 2.45) is 0 Å². The Morgan fingerprint density at radius 3 is 2.60 bits per heavy atom. The lowest BCUT2D eigenvalue weighted by molar-refractivity contribution is 0.383. The summed E-state index contributed by atoms with van der Waals surface area (Å²) in [4.78, 5) is -0.186. The van der Waals surface area contributed by atoms with E-state index >= 15 is 0 Å². The highest BCUT2D eigenvalue weighted by atomic mass is 32.2. The molecule has 2 unspecified atom stereocenters. The average molecular weight is 302 g/mol. The van der Waals surface area contributed by atoms with E-state index in [0.29, 0.717) is 19.1 Å². The van der Waals surface area contributed by atoms with Crippen molar-refractivity contribution in [1.82, 2.24) is 9.62 Å². The van der Waals surface area contributed by atoms with Gasteiger partial charge in [-0.25, -0.2) is 17.2 Å². The first-order valence-corrected chi connectivity index (χ1v) is 8.12. The number of sulfonamides is 1. The first kappa shape index (κ1) is 13.9. The van der Waals surface area contributed by atoms with Crippen LogP contribution in [0.25, 0.3) is 0 Å². The maximum atomic E-state index is 13.2. The van der Waals surface area contributed by atoms with Gasteiger partial charge < -0.3 is 5.32 Å². The van der Waals surface area contributed by atoms with Crippen molar-refractivity contribution in [3.63, 3.8) is 0 Å². The minimum atomic E-state index is -3.76. The van der Waals surface area contributed by atoms with Gasteiger partial charge in [0.25, 0.3) is 0 Å². The van der Waals surface area contributed by atoms with E-state index in [-0.39, 0.29) is 10.9 Å². The molecule has 2 bridgehead atoms. The van der Waals surface area contributed by atoms with Crippen molar-refractivity contribution in [2.75, 3.05) is 13.1 Å². The molecule has 20 heavy (non-hydrogen) atoms. The number of nitrogens with one attached hydrogen (secondary N) is 1. The molecule has 0 saturated carbocycles. The van der Waals surface area contributed by atoms with Crippen molar-refractivity contribution in [3.05, 3.63) is 29.8 Å². The summed E-state index contributed by atoms with van der Waals surface area (Å²) in [5.41, 5.74) is 0. The molecular weight excluding hydrogens is 286 g/mol. The van der Waals surface area contributed by atoms with Gasteiger partial charge in [-0.3, -0.25) is 0 Å². The zero-order valence-electron chi connectivity index (χ0n) is 10.9. The second-order valence-electron chi connectivity index (χ2n) is 5.37. The quantitative estimate of drug-likeness (QED) is 0.900. The molecule has 2 atom stereocenters. The van der Waals surface area contributed by atoms with Crippen LogP contribution in [0.4, 0.5) is 8.78 Å². The van der Waals surface area contributed by atoms with Crippen LogP contribution in [0.1, 0.15) is 19.3 Å². The van der Waals surface area contributed by atoms with Crippen LogP contribution in [0.3, 0.4) is 0 Å². The van der Waals surface area contributed by atoms with Crippen LogP contribution < -0.4 is 5.32 Å². The minimum absolute atomic E-state index is 0.155. The number of hydrogen-bond donors (Lipinski definition) is 1. The molecule has 0 radical (unpaired) electrons. The average Bonchev–Trinajstić information content (AvgIpc) is 2.71. The Balaban J connectivity index is 1.89. The lowest BCUT2D eigenvalue weighted by atomic mass is 10.1. The molecular formula is C13H16F2N2O2S. The molecule has 4 nitrogen and oxygen atoms in total. The summed E-state index contributed by atoms with van der Waals surface area (Å²) in [7, 11) is -3.76. The predicted molar refractivity (Wildman–Crippen MR) is 69.7 cm³/mol. The Morgan fingerprint density at radius 1 is 1.10 bits per heavy atom. The summed E-state index contributed by atoms with van der Waals surface area (Å²) < 4.78 is 52.5. The van der Waals surface area contributed by atoms with E-state index in [1.165, 1.54) is 4.31 Å². The van der Waals surface area contributed by atoms with Crippen LogP contribution in [0.2, 0.25) is 0 Å². The molecule has 2 heterocycles. The van der Waals surface area contributed by atoms with E-state index in [0.717, 1.165) is 37.5 Å². The monoisotopic (exact) mass is 302 g/mol. The third-order valence-corrected chi connectivity index (χ3v) is 5.88. The van der Waals surface area contributed by atoms with E-state index in [9.17, 15) is 17.2 Å². The summed E-state index contributed by atoms with van der Waals surface area (Å²) in [6, 6.07) is 3.24. The molecule has 1 N–H and O–H groups in total.